The van der Waals surface area contributed by atoms with Gasteiger partial charge in [0, 0.05) is 32.1 Å². The number of hydrogen-bond donors (Lipinski definition) is 0. The van der Waals surface area contributed by atoms with Gasteiger partial charge >= 0.3 is 0 Å². The lowest BCUT2D eigenvalue weighted by Gasteiger charge is -2.06. The van der Waals surface area contributed by atoms with Crippen LogP contribution in [0, 0.1) is 0 Å². The van der Waals surface area contributed by atoms with Crippen molar-refractivity contribution < 1.29 is 14.3 Å². The van der Waals surface area contributed by atoms with Crippen molar-refractivity contribution in [3.63, 3.8) is 0 Å². The van der Waals surface area contributed by atoms with Gasteiger partial charge < -0.3 is 9.47 Å². The molecule has 0 aromatic heterocycles. The second kappa shape index (κ2) is 7.01. The van der Waals surface area contributed by atoms with Gasteiger partial charge in [0.25, 0.3) is 0 Å². The summed E-state index contributed by atoms with van der Waals surface area (Å²) >= 11 is 0. The average molecular weight is 222 g/mol. The van der Waals surface area contributed by atoms with Crippen LogP contribution in [0.2, 0.25) is 0 Å². The summed E-state index contributed by atoms with van der Waals surface area (Å²) in [7, 11) is 1.67. The molecule has 0 atom stereocenters. The van der Waals surface area contributed by atoms with E-state index in [-0.39, 0.29) is 5.78 Å². The summed E-state index contributed by atoms with van der Waals surface area (Å²) in [4.78, 5) is 11.4. The summed E-state index contributed by atoms with van der Waals surface area (Å²) in [5.74, 6) is 0.953. The van der Waals surface area contributed by atoms with Crippen LogP contribution in [0.15, 0.2) is 24.3 Å². The number of carbonyl (C=O) groups is 1. The van der Waals surface area contributed by atoms with Gasteiger partial charge in [0.2, 0.25) is 0 Å². The van der Waals surface area contributed by atoms with E-state index in [1.165, 1.54) is 0 Å². The van der Waals surface area contributed by atoms with Crippen LogP contribution in [0.1, 0.15) is 30.1 Å². The highest BCUT2D eigenvalue weighted by atomic mass is 16.5. The number of hydrogen-bond acceptors (Lipinski definition) is 3. The maximum atomic E-state index is 11.4. The molecule has 0 aliphatic rings. The number of carbonyl (C=O) groups excluding carboxylic acids is 1. The Kier molecular flexibility index (Phi) is 5.57. The fourth-order valence-electron chi connectivity index (χ4n) is 1.33. The van der Waals surface area contributed by atoms with Crippen LogP contribution in [0.4, 0.5) is 0 Å². The van der Waals surface area contributed by atoms with Gasteiger partial charge in [-0.05, 0) is 24.3 Å². The van der Waals surface area contributed by atoms with Crippen LogP contribution in [0.3, 0.4) is 0 Å². The molecule has 1 aromatic rings. The smallest absolute Gasteiger partial charge is 0.162 e. The first-order valence-electron chi connectivity index (χ1n) is 5.53. The molecule has 0 heterocycles. The minimum atomic E-state index is 0.158. The third-order valence-corrected chi connectivity index (χ3v) is 2.26. The summed E-state index contributed by atoms with van der Waals surface area (Å²) in [6.07, 6.45) is 1.40. The molecule has 0 N–H and O–H groups in total. The monoisotopic (exact) mass is 222 g/mol. The zero-order valence-corrected chi connectivity index (χ0v) is 9.86. The van der Waals surface area contributed by atoms with Crippen LogP contribution in [-0.2, 0) is 4.74 Å². The van der Waals surface area contributed by atoms with Crippen LogP contribution >= 0.6 is 0 Å². The van der Waals surface area contributed by atoms with Crippen molar-refractivity contribution in [2.45, 2.75) is 19.8 Å². The SMILES string of the molecule is CCC(=O)c1ccc(OCCCOC)cc1. The third kappa shape index (κ3) is 4.03. The summed E-state index contributed by atoms with van der Waals surface area (Å²) in [6.45, 7) is 3.19. The Morgan fingerprint density at radius 2 is 1.88 bits per heavy atom. The van der Waals surface area contributed by atoms with Crippen LogP contribution in [0.5, 0.6) is 5.75 Å². The van der Waals surface area contributed by atoms with E-state index in [0.29, 0.717) is 19.6 Å². The van der Waals surface area contributed by atoms with Crippen molar-refractivity contribution >= 4 is 5.78 Å². The predicted molar refractivity (Wildman–Crippen MR) is 63.1 cm³/mol. The van der Waals surface area contributed by atoms with Crippen LogP contribution < -0.4 is 4.74 Å². The van der Waals surface area contributed by atoms with Crippen molar-refractivity contribution in [3.05, 3.63) is 29.8 Å². The Bertz CT molecular complexity index is 316. The molecule has 88 valence electrons. The number of rotatable bonds is 7. The molecule has 0 saturated carbocycles. The molecule has 1 rings (SSSR count). The van der Waals surface area contributed by atoms with Gasteiger partial charge in [-0.25, -0.2) is 0 Å². The molecule has 1 aromatic carbocycles. The summed E-state index contributed by atoms with van der Waals surface area (Å²) < 4.78 is 10.4. The molecule has 0 amide bonds. The molecule has 0 unspecified atom stereocenters. The van der Waals surface area contributed by atoms with E-state index in [4.69, 9.17) is 9.47 Å². The van der Waals surface area contributed by atoms with E-state index >= 15 is 0 Å². The van der Waals surface area contributed by atoms with E-state index in [1.807, 2.05) is 19.1 Å². The van der Waals surface area contributed by atoms with Gasteiger partial charge in [-0.2, -0.15) is 0 Å². The van der Waals surface area contributed by atoms with Gasteiger partial charge in [0.05, 0.1) is 6.61 Å². The first kappa shape index (κ1) is 12.7. The Morgan fingerprint density at radius 3 is 2.44 bits per heavy atom. The molecule has 3 heteroatoms. The lowest BCUT2D eigenvalue weighted by Crippen LogP contribution is -2.02. The highest BCUT2D eigenvalue weighted by Crippen LogP contribution is 2.13. The maximum Gasteiger partial charge on any atom is 0.162 e. The maximum absolute atomic E-state index is 11.4. The molecule has 16 heavy (non-hydrogen) atoms. The van der Waals surface area contributed by atoms with E-state index in [0.717, 1.165) is 17.7 Å². The number of methoxy groups -OCH3 is 1. The quantitative estimate of drug-likeness (QED) is 0.525. The number of ether oxygens (including phenoxy) is 2. The Hall–Kier alpha value is -1.35. The van der Waals surface area contributed by atoms with Crippen molar-refractivity contribution in [1.82, 2.24) is 0 Å². The second-order valence-electron chi connectivity index (χ2n) is 3.50. The summed E-state index contributed by atoms with van der Waals surface area (Å²) in [5, 5.41) is 0. The summed E-state index contributed by atoms with van der Waals surface area (Å²) in [5.41, 5.74) is 0.742. The Balaban J connectivity index is 2.42. The minimum absolute atomic E-state index is 0.158. The minimum Gasteiger partial charge on any atom is -0.494 e. The normalized spacial score (nSPS) is 10.1. The molecule has 3 nitrogen and oxygen atoms in total. The lowest BCUT2D eigenvalue weighted by molar-refractivity contribution is 0.0988. The van der Waals surface area contributed by atoms with Gasteiger partial charge in [0.1, 0.15) is 5.75 Å². The largest absolute Gasteiger partial charge is 0.494 e. The highest BCUT2D eigenvalue weighted by Gasteiger charge is 2.02. The fraction of sp³-hybridized carbons (Fsp3) is 0.462. The van der Waals surface area contributed by atoms with E-state index in [1.54, 1.807) is 19.2 Å². The van der Waals surface area contributed by atoms with Gasteiger partial charge in [-0.1, -0.05) is 6.92 Å². The number of benzene rings is 1. The zero-order valence-electron chi connectivity index (χ0n) is 9.86. The lowest BCUT2D eigenvalue weighted by atomic mass is 10.1. The third-order valence-electron chi connectivity index (χ3n) is 2.26. The van der Waals surface area contributed by atoms with E-state index in [9.17, 15) is 4.79 Å². The van der Waals surface area contributed by atoms with Gasteiger partial charge in [0.15, 0.2) is 5.78 Å². The van der Waals surface area contributed by atoms with Crippen molar-refractivity contribution in [1.29, 1.82) is 0 Å². The second-order valence-corrected chi connectivity index (χ2v) is 3.50. The number of Topliss-reactive ketones (excluding diaryl/α,β-unsaturated/α-hetero) is 1. The van der Waals surface area contributed by atoms with Gasteiger partial charge in [-0.3, -0.25) is 4.79 Å². The molecule has 0 radical (unpaired) electrons. The molecular weight excluding hydrogens is 204 g/mol. The first-order valence-corrected chi connectivity index (χ1v) is 5.53. The molecule has 0 fully saturated rings. The molecule has 0 aliphatic carbocycles. The Labute approximate surface area is 96.4 Å². The van der Waals surface area contributed by atoms with Crippen molar-refractivity contribution in [2.75, 3.05) is 20.3 Å². The average Bonchev–Trinajstić information content (AvgIpc) is 2.34. The molecule has 0 bridgehead atoms. The number of ketones is 1. The van der Waals surface area contributed by atoms with Crippen molar-refractivity contribution in [3.8, 4) is 5.75 Å². The fourth-order valence-corrected chi connectivity index (χ4v) is 1.33. The molecular formula is C13H18O3. The van der Waals surface area contributed by atoms with Crippen LogP contribution in [-0.4, -0.2) is 26.1 Å². The van der Waals surface area contributed by atoms with Crippen LogP contribution in [0.25, 0.3) is 0 Å². The van der Waals surface area contributed by atoms with E-state index < -0.39 is 0 Å². The molecule has 0 saturated heterocycles. The molecule has 0 spiro atoms. The Morgan fingerprint density at radius 1 is 1.19 bits per heavy atom. The zero-order chi connectivity index (χ0) is 11.8. The van der Waals surface area contributed by atoms with E-state index in [2.05, 4.69) is 0 Å². The van der Waals surface area contributed by atoms with Crippen molar-refractivity contribution in [2.24, 2.45) is 0 Å². The first-order chi connectivity index (χ1) is 7.77. The molecule has 0 aliphatic heterocycles. The van der Waals surface area contributed by atoms with Gasteiger partial charge in [-0.15, -0.1) is 0 Å². The standard InChI is InChI=1S/C13H18O3/c1-3-13(14)11-5-7-12(8-6-11)16-10-4-9-15-2/h5-8H,3-4,9-10H2,1-2H3. The predicted octanol–water partition coefficient (Wildman–Crippen LogP) is 2.69. The summed E-state index contributed by atoms with van der Waals surface area (Å²) in [6, 6.07) is 7.26. The highest BCUT2D eigenvalue weighted by molar-refractivity contribution is 5.95. The topological polar surface area (TPSA) is 35.5 Å².